The first-order valence-corrected chi connectivity index (χ1v) is 5.53. The average Bonchev–Trinajstić information content (AvgIpc) is 2.71. The van der Waals surface area contributed by atoms with Crippen molar-refractivity contribution >= 4 is 5.97 Å². The van der Waals surface area contributed by atoms with Crippen molar-refractivity contribution in [2.24, 2.45) is 0 Å². The third-order valence-corrected chi connectivity index (χ3v) is 2.31. The minimum absolute atomic E-state index is 0.262. The van der Waals surface area contributed by atoms with Gasteiger partial charge >= 0.3 is 5.97 Å². The van der Waals surface area contributed by atoms with Crippen LogP contribution in [0.2, 0.25) is 0 Å². The second kappa shape index (κ2) is 4.82. The predicted molar refractivity (Wildman–Crippen MR) is 64.2 cm³/mol. The van der Waals surface area contributed by atoms with Gasteiger partial charge in [0.25, 0.3) is 0 Å². The quantitative estimate of drug-likeness (QED) is 0.761. The molecular weight excluding hydrogens is 216 g/mol. The molecule has 0 amide bonds. The molecule has 0 saturated heterocycles. The van der Waals surface area contributed by atoms with Crippen LogP contribution in [0.25, 0.3) is 5.69 Å². The van der Waals surface area contributed by atoms with Crippen LogP contribution in [0.4, 0.5) is 0 Å². The maximum absolute atomic E-state index is 11.3. The predicted octanol–water partition coefficient (Wildman–Crippen LogP) is 2.50. The number of hydrogen-bond acceptors (Lipinski definition) is 3. The zero-order valence-electron chi connectivity index (χ0n) is 9.88. The average molecular weight is 230 g/mol. The first-order valence-electron chi connectivity index (χ1n) is 5.53. The van der Waals surface area contributed by atoms with Crippen LogP contribution in [0.5, 0.6) is 5.88 Å². The van der Waals surface area contributed by atoms with E-state index in [4.69, 9.17) is 4.74 Å². The Morgan fingerprint density at radius 1 is 1.35 bits per heavy atom. The molecule has 4 nitrogen and oxygen atoms in total. The van der Waals surface area contributed by atoms with Crippen molar-refractivity contribution in [3.05, 3.63) is 42.1 Å². The molecule has 1 heterocycles. The Balaban J connectivity index is 2.37. The molecule has 0 bridgehead atoms. The van der Waals surface area contributed by atoms with Crippen molar-refractivity contribution in [2.75, 3.05) is 0 Å². The van der Waals surface area contributed by atoms with E-state index in [1.807, 2.05) is 37.3 Å². The number of aromatic nitrogens is 2. The molecule has 2 aromatic rings. The SMILES string of the molecule is CCC(=O)Oc1cc(C)nn1-c1ccccc1. The fourth-order valence-electron chi connectivity index (χ4n) is 1.49. The van der Waals surface area contributed by atoms with Gasteiger partial charge in [0, 0.05) is 12.5 Å². The van der Waals surface area contributed by atoms with E-state index >= 15 is 0 Å². The molecule has 0 spiro atoms. The normalized spacial score (nSPS) is 10.2. The van der Waals surface area contributed by atoms with Crippen molar-refractivity contribution in [1.82, 2.24) is 9.78 Å². The minimum atomic E-state index is -0.262. The molecule has 0 atom stereocenters. The molecule has 0 aliphatic heterocycles. The van der Waals surface area contributed by atoms with Crippen LogP contribution in [0.15, 0.2) is 36.4 Å². The maximum Gasteiger partial charge on any atom is 0.312 e. The first kappa shape index (κ1) is 11.4. The molecular formula is C13H14N2O2. The van der Waals surface area contributed by atoms with Crippen LogP contribution in [0.3, 0.4) is 0 Å². The smallest absolute Gasteiger partial charge is 0.312 e. The van der Waals surface area contributed by atoms with E-state index < -0.39 is 0 Å². The Bertz CT molecular complexity index is 517. The fraction of sp³-hybridized carbons (Fsp3) is 0.231. The van der Waals surface area contributed by atoms with Crippen molar-refractivity contribution < 1.29 is 9.53 Å². The van der Waals surface area contributed by atoms with Crippen LogP contribution in [0, 0.1) is 6.92 Å². The molecule has 0 radical (unpaired) electrons. The van der Waals surface area contributed by atoms with Crippen LogP contribution in [0.1, 0.15) is 19.0 Å². The molecule has 0 N–H and O–H groups in total. The number of para-hydroxylation sites is 1. The highest BCUT2D eigenvalue weighted by Gasteiger charge is 2.11. The molecule has 0 aliphatic carbocycles. The Morgan fingerprint density at radius 2 is 2.06 bits per heavy atom. The van der Waals surface area contributed by atoms with Gasteiger partial charge < -0.3 is 4.74 Å². The molecule has 0 saturated carbocycles. The Labute approximate surface area is 99.8 Å². The third-order valence-electron chi connectivity index (χ3n) is 2.31. The van der Waals surface area contributed by atoms with Crippen LogP contribution in [-0.2, 0) is 4.79 Å². The Kier molecular flexibility index (Phi) is 3.23. The molecule has 0 aliphatic rings. The van der Waals surface area contributed by atoms with Gasteiger partial charge in [-0.15, -0.1) is 0 Å². The summed E-state index contributed by atoms with van der Waals surface area (Å²) in [5.74, 6) is 0.197. The number of benzene rings is 1. The maximum atomic E-state index is 11.3. The summed E-state index contributed by atoms with van der Waals surface area (Å²) >= 11 is 0. The van der Waals surface area contributed by atoms with E-state index in [0.717, 1.165) is 11.4 Å². The van der Waals surface area contributed by atoms with E-state index in [1.165, 1.54) is 0 Å². The lowest BCUT2D eigenvalue weighted by Gasteiger charge is -2.06. The van der Waals surface area contributed by atoms with Crippen molar-refractivity contribution in [1.29, 1.82) is 0 Å². The van der Waals surface area contributed by atoms with Gasteiger partial charge in [0.05, 0.1) is 11.4 Å². The molecule has 0 fully saturated rings. The highest BCUT2D eigenvalue weighted by atomic mass is 16.5. The van der Waals surface area contributed by atoms with Gasteiger partial charge in [0.2, 0.25) is 5.88 Å². The lowest BCUT2D eigenvalue weighted by molar-refractivity contribution is -0.134. The number of hydrogen-bond donors (Lipinski definition) is 0. The van der Waals surface area contributed by atoms with Crippen LogP contribution >= 0.6 is 0 Å². The highest BCUT2D eigenvalue weighted by Crippen LogP contribution is 2.19. The molecule has 2 rings (SSSR count). The number of carbonyl (C=O) groups excluding carboxylic acids is 1. The number of esters is 1. The molecule has 4 heteroatoms. The van der Waals surface area contributed by atoms with Gasteiger partial charge in [-0.3, -0.25) is 4.79 Å². The minimum Gasteiger partial charge on any atom is -0.407 e. The third kappa shape index (κ3) is 2.53. The van der Waals surface area contributed by atoms with Gasteiger partial charge in [-0.2, -0.15) is 5.10 Å². The lowest BCUT2D eigenvalue weighted by atomic mass is 10.3. The van der Waals surface area contributed by atoms with E-state index in [1.54, 1.807) is 17.7 Å². The van der Waals surface area contributed by atoms with E-state index in [2.05, 4.69) is 5.10 Å². The van der Waals surface area contributed by atoms with Crippen molar-refractivity contribution in [3.63, 3.8) is 0 Å². The first-order chi connectivity index (χ1) is 8.20. The summed E-state index contributed by atoms with van der Waals surface area (Å²) < 4.78 is 6.86. The van der Waals surface area contributed by atoms with Gasteiger partial charge in [-0.1, -0.05) is 25.1 Å². The van der Waals surface area contributed by atoms with Gasteiger partial charge in [0.15, 0.2) is 0 Å². The summed E-state index contributed by atoms with van der Waals surface area (Å²) in [5, 5.41) is 4.31. The summed E-state index contributed by atoms with van der Waals surface area (Å²) in [6, 6.07) is 11.3. The van der Waals surface area contributed by atoms with Gasteiger partial charge in [0.1, 0.15) is 0 Å². The van der Waals surface area contributed by atoms with Crippen molar-refractivity contribution in [3.8, 4) is 11.6 Å². The monoisotopic (exact) mass is 230 g/mol. The second-order valence-electron chi connectivity index (χ2n) is 3.70. The Hall–Kier alpha value is -2.10. The van der Waals surface area contributed by atoms with E-state index in [-0.39, 0.29) is 5.97 Å². The topological polar surface area (TPSA) is 44.1 Å². The van der Waals surface area contributed by atoms with E-state index in [9.17, 15) is 4.79 Å². The molecule has 17 heavy (non-hydrogen) atoms. The highest BCUT2D eigenvalue weighted by molar-refractivity contribution is 5.71. The fourth-order valence-corrected chi connectivity index (χ4v) is 1.49. The lowest BCUT2D eigenvalue weighted by Crippen LogP contribution is -2.09. The van der Waals surface area contributed by atoms with Crippen LogP contribution < -0.4 is 4.74 Å². The summed E-state index contributed by atoms with van der Waals surface area (Å²) in [6.45, 7) is 3.63. The molecule has 0 unspecified atom stereocenters. The number of nitrogens with zero attached hydrogens (tertiary/aromatic N) is 2. The number of carbonyl (C=O) groups is 1. The summed E-state index contributed by atoms with van der Waals surface area (Å²) in [6.07, 6.45) is 0.346. The number of rotatable bonds is 3. The van der Waals surface area contributed by atoms with Crippen molar-refractivity contribution in [2.45, 2.75) is 20.3 Å². The van der Waals surface area contributed by atoms with E-state index in [0.29, 0.717) is 12.3 Å². The zero-order chi connectivity index (χ0) is 12.3. The standard InChI is InChI=1S/C13H14N2O2/c1-3-13(16)17-12-9-10(2)14-15(12)11-7-5-4-6-8-11/h4-9H,3H2,1-2H3. The molecule has 88 valence electrons. The summed E-state index contributed by atoms with van der Waals surface area (Å²) in [5.41, 5.74) is 1.69. The van der Waals surface area contributed by atoms with Gasteiger partial charge in [-0.25, -0.2) is 4.68 Å². The number of aryl methyl sites for hydroxylation is 1. The molecule has 1 aromatic heterocycles. The second-order valence-corrected chi connectivity index (χ2v) is 3.70. The zero-order valence-corrected chi connectivity index (χ0v) is 9.88. The summed E-state index contributed by atoms with van der Waals surface area (Å²) in [4.78, 5) is 11.3. The number of ether oxygens (including phenoxy) is 1. The Morgan fingerprint density at radius 3 is 2.71 bits per heavy atom. The summed E-state index contributed by atoms with van der Waals surface area (Å²) in [7, 11) is 0. The molecule has 1 aromatic carbocycles. The van der Waals surface area contributed by atoms with Crippen LogP contribution in [-0.4, -0.2) is 15.7 Å². The largest absolute Gasteiger partial charge is 0.407 e. The van der Waals surface area contributed by atoms with Gasteiger partial charge in [-0.05, 0) is 19.1 Å².